The van der Waals surface area contributed by atoms with Gasteiger partial charge in [0.25, 0.3) is 0 Å². The van der Waals surface area contributed by atoms with Gasteiger partial charge in [0, 0.05) is 38.0 Å². The lowest BCUT2D eigenvalue weighted by Crippen LogP contribution is -2.37. The molecule has 0 radical (unpaired) electrons. The summed E-state index contributed by atoms with van der Waals surface area (Å²) in [5, 5.41) is 31.5. The van der Waals surface area contributed by atoms with Crippen LogP contribution in [0.15, 0.2) is 16.6 Å². The lowest BCUT2D eigenvalue weighted by molar-refractivity contribution is -0.870. The van der Waals surface area contributed by atoms with Crippen LogP contribution in [0.1, 0.15) is 197 Å². The molecule has 4 N–H and O–H groups in total. The summed E-state index contributed by atoms with van der Waals surface area (Å²) in [4.78, 5) is 35.8. The molecule has 14 heteroatoms. The van der Waals surface area contributed by atoms with Crippen LogP contribution in [-0.2, 0) is 45.5 Å². The molecule has 1 aromatic rings. The number of phosphoric acid groups is 1. The molecule has 1 fully saturated rings. The zero-order valence-corrected chi connectivity index (χ0v) is 43.4. The summed E-state index contributed by atoms with van der Waals surface area (Å²) in [5.74, 6) is 1.11. The van der Waals surface area contributed by atoms with E-state index in [1.54, 1.807) is 6.08 Å². The third kappa shape index (κ3) is 27.2. The Balaban J connectivity index is 1.68. The third-order valence-electron chi connectivity index (χ3n) is 13.1. The standard InChI is InChI=1S/C52H94NO12P/c1-8-10-22-28-43(54)34-35-46-45(47(55)38-48(46)56)29-24-20-21-27-33-52(58)64-44(40-63-66(59,60)62-37-36-53(5,6)7)39-61-51(57)32-26-19-17-15-13-12-14-16-18-25-31-50-42(4)41(3)49(65-50)30-23-11-9-2/h34-35,43-48,54-56H,8-33,36-40H2,1-7H3/p+1/b35-34+/t43-,44+,45+,46+,47-,48+/m0/s1. The molecule has 66 heavy (non-hydrogen) atoms. The Hall–Kier alpha value is -2.09. The average molecular weight is 957 g/mol. The van der Waals surface area contributed by atoms with Crippen molar-refractivity contribution in [3.8, 4) is 0 Å². The maximum atomic E-state index is 12.9. The Bertz CT molecular complexity index is 1520. The maximum absolute atomic E-state index is 12.9. The summed E-state index contributed by atoms with van der Waals surface area (Å²) in [6, 6.07) is 0. The van der Waals surface area contributed by atoms with Gasteiger partial charge in [-0.2, -0.15) is 0 Å². The van der Waals surface area contributed by atoms with Crippen LogP contribution in [0.2, 0.25) is 0 Å². The number of nitrogens with zero attached hydrogens (tertiary/aromatic N) is 1. The number of hydrogen-bond donors (Lipinski definition) is 4. The number of unbranched alkanes of at least 4 members (excludes halogenated alkanes) is 16. The van der Waals surface area contributed by atoms with E-state index >= 15 is 0 Å². The molecule has 1 aliphatic carbocycles. The lowest BCUT2D eigenvalue weighted by atomic mass is 9.88. The first-order valence-electron chi connectivity index (χ1n) is 26.0. The van der Waals surface area contributed by atoms with Gasteiger partial charge in [0.2, 0.25) is 0 Å². The molecule has 0 aromatic carbocycles. The predicted octanol–water partition coefficient (Wildman–Crippen LogP) is 11.0. The molecule has 0 saturated heterocycles. The number of phosphoric ester groups is 1. The fourth-order valence-electron chi connectivity index (χ4n) is 8.70. The maximum Gasteiger partial charge on any atom is 0.472 e. The Morgan fingerprint density at radius 1 is 0.727 bits per heavy atom. The minimum absolute atomic E-state index is 0.0106. The van der Waals surface area contributed by atoms with Gasteiger partial charge >= 0.3 is 19.8 Å². The van der Waals surface area contributed by atoms with Crippen LogP contribution < -0.4 is 0 Å². The minimum Gasteiger partial charge on any atom is -0.466 e. The number of furan rings is 1. The van der Waals surface area contributed by atoms with E-state index in [4.69, 9.17) is 22.9 Å². The summed E-state index contributed by atoms with van der Waals surface area (Å²) in [6.07, 6.45) is 25.6. The average Bonchev–Trinajstić information content (AvgIpc) is 3.68. The molecular formula is C52H95NO12P+. The summed E-state index contributed by atoms with van der Waals surface area (Å²) >= 11 is 0. The first-order valence-corrected chi connectivity index (χ1v) is 27.5. The van der Waals surface area contributed by atoms with Crippen LogP contribution in [0.4, 0.5) is 0 Å². The molecule has 1 heterocycles. The molecule has 2 rings (SSSR count). The molecule has 13 nitrogen and oxygen atoms in total. The van der Waals surface area contributed by atoms with Gasteiger partial charge in [0.15, 0.2) is 6.10 Å². The fraction of sp³-hybridized carbons (Fsp3) is 0.846. The van der Waals surface area contributed by atoms with Crippen LogP contribution >= 0.6 is 7.82 Å². The van der Waals surface area contributed by atoms with Crippen LogP contribution in [0.25, 0.3) is 0 Å². The number of rotatable bonds is 40. The molecule has 1 aromatic heterocycles. The van der Waals surface area contributed by atoms with Crippen molar-refractivity contribution >= 4 is 19.8 Å². The number of esters is 2. The third-order valence-corrected chi connectivity index (χ3v) is 14.1. The molecule has 1 saturated carbocycles. The Morgan fingerprint density at radius 3 is 1.85 bits per heavy atom. The quantitative estimate of drug-likeness (QED) is 0.0161. The second-order valence-corrected chi connectivity index (χ2v) is 21.6. The molecule has 1 aliphatic rings. The van der Waals surface area contributed by atoms with Gasteiger partial charge in [-0.3, -0.25) is 18.6 Å². The van der Waals surface area contributed by atoms with E-state index in [1.165, 1.54) is 74.0 Å². The van der Waals surface area contributed by atoms with E-state index in [2.05, 4.69) is 27.7 Å². The van der Waals surface area contributed by atoms with Crippen molar-refractivity contribution in [2.45, 2.75) is 225 Å². The summed E-state index contributed by atoms with van der Waals surface area (Å²) in [5.41, 5.74) is 2.68. The molecule has 0 amide bonds. The van der Waals surface area contributed by atoms with E-state index in [0.29, 0.717) is 36.7 Å². The van der Waals surface area contributed by atoms with Crippen LogP contribution in [-0.4, -0.2) is 109 Å². The first-order chi connectivity index (χ1) is 31.5. The van der Waals surface area contributed by atoms with Gasteiger partial charge in [0.1, 0.15) is 31.3 Å². The van der Waals surface area contributed by atoms with Crippen molar-refractivity contribution in [3.63, 3.8) is 0 Å². The number of likely N-dealkylation sites (N-methyl/N-ethyl adjacent to an activating group) is 1. The number of carbonyl (C=O) groups is 2. The van der Waals surface area contributed by atoms with Gasteiger partial charge in [-0.05, 0) is 69.4 Å². The van der Waals surface area contributed by atoms with E-state index in [0.717, 1.165) is 83.5 Å². The van der Waals surface area contributed by atoms with E-state index < -0.39 is 50.8 Å². The highest BCUT2D eigenvalue weighted by Crippen LogP contribution is 2.43. The summed E-state index contributed by atoms with van der Waals surface area (Å²) < 4.78 is 40.7. The smallest absolute Gasteiger partial charge is 0.466 e. The number of aryl methyl sites for hydroxylation is 2. The van der Waals surface area contributed by atoms with Crippen molar-refractivity contribution in [1.82, 2.24) is 0 Å². The molecule has 0 spiro atoms. The van der Waals surface area contributed by atoms with Crippen molar-refractivity contribution in [2.75, 3.05) is 47.5 Å². The number of ether oxygens (including phenoxy) is 2. The minimum atomic E-state index is -4.45. The molecule has 1 unspecified atom stereocenters. The second-order valence-electron chi connectivity index (χ2n) is 20.1. The number of hydrogen-bond acceptors (Lipinski definition) is 11. The second kappa shape index (κ2) is 34.2. The van der Waals surface area contributed by atoms with Gasteiger partial charge in [0.05, 0.1) is 46.1 Å². The zero-order chi connectivity index (χ0) is 48.8. The Labute approximate surface area is 400 Å². The molecule has 384 valence electrons. The van der Waals surface area contributed by atoms with Gasteiger partial charge < -0.3 is 38.6 Å². The Kier molecular flexibility index (Phi) is 31.1. The summed E-state index contributed by atoms with van der Waals surface area (Å²) in [6.45, 7) is 8.43. The monoisotopic (exact) mass is 957 g/mol. The largest absolute Gasteiger partial charge is 0.472 e. The lowest BCUT2D eigenvalue weighted by Gasteiger charge is -2.24. The SMILES string of the molecule is CCCCCc1oc(CCCCCCCCCCCCC(=O)OC[C@H](COP(=O)(O)OCC[N+](C)(C)C)OC(=O)CCCCCC[C@@H]2[C@@H](/C=C/[C@@H](O)CCCCC)[C@H](O)C[C@@H]2O)c(C)c1C. The number of quaternary nitrogens is 1. The molecular weight excluding hydrogens is 862 g/mol. The predicted molar refractivity (Wildman–Crippen MR) is 262 cm³/mol. The van der Waals surface area contributed by atoms with Gasteiger partial charge in [-0.25, -0.2) is 4.57 Å². The van der Waals surface area contributed by atoms with Gasteiger partial charge in [-0.15, -0.1) is 0 Å². The van der Waals surface area contributed by atoms with Crippen molar-refractivity contribution in [2.24, 2.45) is 11.8 Å². The van der Waals surface area contributed by atoms with E-state index in [1.807, 2.05) is 27.2 Å². The van der Waals surface area contributed by atoms with Crippen LogP contribution in [0, 0.1) is 25.7 Å². The number of carbonyl (C=O) groups excluding carboxylic acids is 2. The first kappa shape index (κ1) is 60.0. The summed E-state index contributed by atoms with van der Waals surface area (Å²) in [7, 11) is 1.34. The highest BCUT2D eigenvalue weighted by atomic mass is 31.2. The van der Waals surface area contributed by atoms with E-state index in [-0.39, 0.29) is 37.9 Å². The fourth-order valence-corrected chi connectivity index (χ4v) is 9.44. The number of aliphatic hydroxyl groups is 3. The normalized spacial score (nSPS) is 19.6. The van der Waals surface area contributed by atoms with Crippen molar-refractivity contribution in [1.29, 1.82) is 0 Å². The zero-order valence-electron chi connectivity index (χ0n) is 42.5. The molecule has 0 bridgehead atoms. The highest BCUT2D eigenvalue weighted by Gasteiger charge is 2.39. The van der Waals surface area contributed by atoms with E-state index in [9.17, 15) is 34.4 Å². The van der Waals surface area contributed by atoms with Crippen LogP contribution in [0.5, 0.6) is 0 Å². The molecule has 0 aliphatic heterocycles. The highest BCUT2D eigenvalue weighted by molar-refractivity contribution is 7.47. The van der Waals surface area contributed by atoms with Crippen molar-refractivity contribution < 1.29 is 61.8 Å². The number of aliphatic hydroxyl groups excluding tert-OH is 3. The van der Waals surface area contributed by atoms with Crippen molar-refractivity contribution in [3.05, 3.63) is 34.8 Å². The van der Waals surface area contributed by atoms with Gasteiger partial charge in [-0.1, -0.05) is 129 Å². The topological polar surface area (TPSA) is 182 Å². The molecule has 7 atom stereocenters. The Morgan fingerprint density at radius 2 is 1.26 bits per heavy atom. The van der Waals surface area contributed by atoms with Crippen LogP contribution in [0.3, 0.4) is 0 Å².